The molecule has 1 unspecified atom stereocenters. The second kappa shape index (κ2) is 7.60. The van der Waals surface area contributed by atoms with E-state index in [2.05, 4.69) is 50.4 Å². The Morgan fingerprint density at radius 1 is 1.29 bits per heavy atom. The number of carbonyl (C=O) groups excluding carboxylic acids is 1. The molecular weight excluding hydrogens is 260 g/mol. The molecular formula is C18H28N2O. The van der Waals surface area contributed by atoms with Gasteiger partial charge in [-0.05, 0) is 43.4 Å². The van der Waals surface area contributed by atoms with Crippen molar-refractivity contribution in [3.05, 3.63) is 29.8 Å². The van der Waals surface area contributed by atoms with Gasteiger partial charge in [0.05, 0.1) is 6.04 Å². The fourth-order valence-electron chi connectivity index (χ4n) is 2.91. The third kappa shape index (κ3) is 4.31. The van der Waals surface area contributed by atoms with Gasteiger partial charge in [-0.2, -0.15) is 0 Å². The normalized spacial score (nSPS) is 19.3. The number of hydrogen-bond donors (Lipinski definition) is 1. The molecule has 1 N–H and O–H groups in total. The van der Waals surface area contributed by atoms with Crippen LogP contribution in [0.3, 0.4) is 0 Å². The minimum absolute atomic E-state index is 0.0292. The first kappa shape index (κ1) is 16.0. The average molecular weight is 288 g/mol. The maximum atomic E-state index is 12.6. The van der Waals surface area contributed by atoms with Crippen LogP contribution in [0.15, 0.2) is 24.3 Å². The van der Waals surface area contributed by atoms with Crippen molar-refractivity contribution in [3.8, 4) is 0 Å². The zero-order valence-corrected chi connectivity index (χ0v) is 13.6. The van der Waals surface area contributed by atoms with E-state index in [1.54, 1.807) is 0 Å². The zero-order chi connectivity index (χ0) is 15.2. The van der Waals surface area contributed by atoms with Crippen LogP contribution in [0.2, 0.25) is 0 Å². The second-order valence-corrected chi connectivity index (χ2v) is 6.28. The third-order valence-electron chi connectivity index (χ3n) is 4.04. The Morgan fingerprint density at radius 3 is 2.62 bits per heavy atom. The lowest BCUT2D eigenvalue weighted by Gasteiger charge is -2.33. The molecule has 1 atom stereocenters. The monoisotopic (exact) mass is 288 g/mol. The smallest absolute Gasteiger partial charge is 0.244 e. The molecule has 1 fully saturated rings. The van der Waals surface area contributed by atoms with Crippen LogP contribution < -0.4 is 10.2 Å². The van der Waals surface area contributed by atoms with Gasteiger partial charge in [0, 0.05) is 18.3 Å². The van der Waals surface area contributed by atoms with Crippen molar-refractivity contribution in [2.24, 2.45) is 0 Å². The van der Waals surface area contributed by atoms with Crippen LogP contribution in [0, 0.1) is 0 Å². The Morgan fingerprint density at radius 2 is 2.00 bits per heavy atom. The summed E-state index contributed by atoms with van der Waals surface area (Å²) in [5, 5.41) is 3.38. The van der Waals surface area contributed by atoms with Gasteiger partial charge in [0.1, 0.15) is 0 Å². The van der Waals surface area contributed by atoms with E-state index in [1.165, 1.54) is 18.4 Å². The second-order valence-electron chi connectivity index (χ2n) is 6.28. The number of aryl methyl sites for hydroxylation is 1. The standard InChI is InChI=1S/C18H28N2O/c1-4-5-7-15-9-11-16(12-10-15)20-13-6-8-17(18(20)21)19-14(2)3/h9-12,14,17,19H,4-8,13H2,1-3H3. The largest absolute Gasteiger partial charge is 0.311 e. The van der Waals surface area contributed by atoms with Gasteiger partial charge >= 0.3 is 0 Å². The van der Waals surface area contributed by atoms with Crippen molar-refractivity contribution in [1.29, 1.82) is 0 Å². The molecule has 0 aliphatic carbocycles. The van der Waals surface area contributed by atoms with Gasteiger partial charge in [-0.3, -0.25) is 4.79 Å². The zero-order valence-electron chi connectivity index (χ0n) is 13.6. The number of amides is 1. The first-order chi connectivity index (χ1) is 10.1. The van der Waals surface area contributed by atoms with E-state index in [1.807, 2.05) is 4.90 Å². The highest BCUT2D eigenvalue weighted by molar-refractivity contribution is 5.97. The maximum Gasteiger partial charge on any atom is 0.244 e. The van der Waals surface area contributed by atoms with Crippen molar-refractivity contribution < 1.29 is 4.79 Å². The summed E-state index contributed by atoms with van der Waals surface area (Å²) >= 11 is 0. The fraction of sp³-hybridized carbons (Fsp3) is 0.611. The summed E-state index contributed by atoms with van der Waals surface area (Å²) in [6, 6.07) is 8.84. The number of nitrogens with one attached hydrogen (secondary N) is 1. The Balaban J connectivity index is 2.04. The highest BCUT2D eigenvalue weighted by Crippen LogP contribution is 2.22. The first-order valence-corrected chi connectivity index (χ1v) is 8.28. The summed E-state index contributed by atoms with van der Waals surface area (Å²) in [6.07, 6.45) is 5.58. The predicted molar refractivity (Wildman–Crippen MR) is 88.7 cm³/mol. The number of piperidine rings is 1. The molecule has 1 amide bonds. The van der Waals surface area contributed by atoms with Gasteiger partial charge in [-0.1, -0.05) is 39.3 Å². The van der Waals surface area contributed by atoms with Gasteiger partial charge < -0.3 is 10.2 Å². The van der Waals surface area contributed by atoms with Crippen molar-refractivity contribution in [2.45, 2.75) is 65.0 Å². The number of anilines is 1. The molecule has 2 rings (SSSR count). The molecule has 3 heteroatoms. The van der Waals surface area contributed by atoms with Crippen LogP contribution in [-0.4, -0.2) is 24.5 Å². The lowest BCUT2D eigenvalue weighted by atomic mass is 10.0. The van der Waals surface area contributed by atoms with Crippen molar-refractivity contribution in [1.82, 2.24) is 5.32 Å². The highest BCUT2D eigenvalue weighted by atomic mass is 16.2. The van der Waals surface area contributed by atoms with E-state index in [9.17, 15) is 4.79 Å². The Kier molecular flexibility index (Phi) is 5.80. The van der Waals surface area contributed by atoms with Gasteiger partial charge in [-0.25, -0.2) is 0 Å². The number of rotatable bonds is 6. The van der Waals surface area contributed by atoms with E-state index in [0.29, 0.717) is 6.04 Å². The molecule has 0 radical (unpaired) electrons. The molecule has 0 spiro atoms. The summed E-state index contributed by atoms with van der Waals surface area (Å²) in [7, 11) is 0. The van der Waals surface area contributed by atoms with E-state index < -0.39 is 0 Å². The summed E-state index contributed by atoms with van der Waals surface area (Å²) in [5.41, 5.74) is 2.40. The van der Waals surface area contributed by atoms with Crippen molar-refractivity contribution >= 4 is 11.6 Å². The number of unbranched alkanes of at least 4 members (excludes halogenated alkanes) is 1. The molecule has 0 aromatic heterocycles. The fourth-order valence-corrected chi connectivity index (χ4v) is 2.91. The minimum atomic E-state index is -0.0292. The van der Waals surface area contributed by atoms with E-state index in [0.717, 1.165) is 31.5 Å². The van der Waals surface area contributed by atoms with Crippen LogP contribution in [0.5, 0.6) is 0 Å². The Labute approximate surface area is 128 Å². The molecule has 116 valence electrons. The molecule has 1 aliphatic rings. The van der Waals surface area contributed by atoms with Crippen LogP contribution in [0.1, 0.15) is 52.0 Å². The molecule has 1 heterocycles. The van der Waals surface area contributed by atoms with Crippen LogP contribution in [0.4, 0.5) is 5.69 Å². The number of benzene rings is 1. The van der Waals surface area contributed by atoms with E-state index in [-0.39, 0.29) is 11.9 Å². The third-order valence-corrected chi connectivity index (χ3v) is 4.04. The maximum absolute atomic E-state index is 12.6. The molecule has 1 aromatic carbocycles. The lowest BCUT2D eigenvalue weighted by Crippen LogP contribution is -2.52. The Hall–Kier alpha value is -1.35. The average Bonchev–Trinajstić information content (AvgIpc) is 2.47. The Bertz CT molecular complexity index is 453. The number of nitrogens with zero attached hydrogens (tertiary/aromatic N) is 1. The molecule has 1 aliphatic heterocycles. The predicted octanol–water partition coefficient (Wildman–Crippen LogP) is 3.52. The first-order valence-electron chi connectivity index (χ1n) is 8.28. The van der Waals surface area contributed by atoms with Crippen LogP contribution >= 0.6 is 0 Å². The van der Waals surface area contributed by atoms with E-state index in [4.69, 9.17) is 0 Å². The van der Waals surface area contributed by atoms with Gasteiger partial charge in [-0.15, -0.1) is 0 Å². The molecule has 0 saturated carbocycles. The topological polar surface area (TPSA) is 32.3 Å². The van der Waals surface area contributed by atoms with E-state index >= 15 is 0 Å². The van der Waals surface area contributed by atoms with Gasteiger partial charge in [0.25, 0.3) is 0 Å². The number of carbonyl (C=O) groups is 1. The molecule has 1 saturated heterocycles. The molecule has 21 heavy (non-hydrogen) atoms. The minimum Gasteiger partial charge on any atom is -0.311 e. The van der Waals surface area contributed by atoms with Gasteiger partial charge in [0.15, 0.2) is 0 Å². The quantitative estimate of drug-likeness (QED) is 0.868. The highest BCUT2D eigenvalue weighted by Gasteiger charge is 2.29. The van der Waals surface area contributed by atoms with Crippen LogP contribution in [-0.2, 0) is 11.2 Å². The molecule has 3 nitrogen and oxygen atoms in total. The van der Waals surface area contributed by atoms with Crippen molar-refractivity contribution in [2.75, 3.05) is 11.4 Å². The van der Waals surface area contributed by atoms with Crippen molar-refractivity contribution in [3.63, 3.8) is 0 Å². The summed E-state index contributed by atoms with van der Waals surface area (Å²) in [4.78, 5) is 14.5. The summed E-state index contributed by atoms with van der Waals surface area (Å²) < 4.78 is 0. The summed E-state index contributed by atoms with van der Waals surface area (Å²) in [5.74, 6) is 0.219. The molecule has 1 aromatic rings. The van der Waals surface area contributed by atoms with Crippen LogP contribution in [0.25, 0.3) is 0 Å². The molecule has 0 bridgehead atoms. The SMILES string of the molecule is CCCCc1ccc(N2CCCC(NC(C)C)C2=O)cc1. The lowest BCUT2D eigenvalue weighted by molar-refractivity contribution is -0.121. The van der Waals surface area contributed by atoms with Gasteiger partial charge in [0.2, 0.25) is 5.91 Å². The summed E-state index contributed by atoms with van der Waals surface area (Å²) in [6.45, 7) is 7.23. The number of hydrogen-bond acceptors (Lipinski definition) is 2.